The van der Waals surface area contributed by atoms with Crippen LogP contribution in [-0.2, 0) is 6.67 Å². The van der Waals surface area contributed by atoms with Gasteiger partial charge in [-0.25, -0.2) is 4.99 Å². The zero-order chi connectivity index (χ0) is 19.7. The second-order valence-corrected chi connectivity index (χ2v) is 7.57. The Morgan fingerprint density at radius 2 is 1.93 bits per heavy atom. The van der Waals surface area contributed by atoms with E-state index in [2.05, 4.69) is 28.9 Å². The van der Waals surface area contributed by atoms with Gasteiger partial charge in [0.15, 0.2) is 16.3 Å². The van der Waals surface area contributed by atoms with Crippen LogP contribution in [0.4, 0.5) is 5.69 Å². The summed E-state index contributed by atoms with van der Waals surface area (Å²) in [6.45, 7) is 3.10. The van der Waals surface area contributed by atoms with Crippen LogP contribution in [0.1, 0.15) is 11.1 Å². The van der Waals surface area contributed by atoms with Gasteiger partial charge in [-0.15, -0.1) is 0 Å². The molecule has 6 nitrogen and oxygen atoms in total. The van der Waals surface area contributed by atoms with E-state index in [1.807, 2.05) is 36.4 Å². The molecule has 0 atom stereocenters. The Bertz CT molecular complexity index is 1200. The molecule has 0 fully saturated rings. The van der Waals surface area contributed by atoms with Crippen molar-refractivity contribution >= 4 is 23.1 Å². The van der Waals surface area contributed by atoms with Crippen molar-refractivity contribution in [2.24, 2.45) is 4.99 Å². The molecule has 2 heterocycles. The molecular weight excluding hydrogens is 374 g/mol. The smallest absolute Gasteiger partial charge is 0.271 e. The number of hydrogen-bond donors (Lipinski definition) is 0. The van der Waals surface area contributed by atoms with Crippen LogP contribution >= 0.6 is 11.3 Å². The number of aromatic nitrogens is 1. The van der Waals surface area contributed by atoms with Crippen LogP contribution in [0.25, 0.3) is 6.08 Å². The van der Waals surface area contributed by atoms with Crippen molar-refractivity contribution in [3.63, 3.8) is 0 Å². The fourth-order valence-electron chi connectivity index (χ4n) is 3.19. The predicted molar refractivity (Wildman–Crippen MR) is 111 cm³/mol. The number of ether oxygens (including phenoxy) is 2. The summed E-state index contributed by atoms with van der Waals surface area (Å²) in [5, 5.41) is 0. The Morgan fingerprint density at radius 3 is 2.68 bits per heavy atom. The van der Waals surface area contributed by atoms with Crippen molar-refractivity contribution < 1.29 is 9.47 Å². The number of aryl methyl sites for hydroxylation is 1. The minimum atomic E-state index is -0.0316. The molecule has 0 saturated heterocycles. The lowest BCUT2D eigenvalue weighted by atomic mass is 10.2. The average molecular weight is 395 g/mol. The van der Waals surface area contributed by atoms with E-state index in [1.165, 1.54) is 16.9 Å². The number of rotatable bonds is 4. The van der Waals surface area contributed by atoms with E-state index in [0.717, 1.165) is 16.1 Å². The van der Waals surface area contributed by atoms with Crippen LogP contribution in [0.2, 0.25) is 0 Å². The van der Waals surface area contributed by atoms with E-state index in [-0.39, 0.29) is 5.56 Å². The fraction of sp³-hybridized carbons (Fsp3) is 0.238. The minimum Gasteiger partial charge on any atom is -0.493 e. The highest BCUT2D eigenvalue weighted by molar-refractivity contribution is 7.07. The van der Waals surface area contributed by atoms with Crippen LogP contribution in [-0.4, -0.2) is 25.5 Å². The molecule has 0 spiro atoms. The zero-order valence-corrected chi connectivity index (χ0v) is 16.8. The van der Waals surface area contributed by atoms with E-state index in [0.29, 0.717) is 29.4 Å². The Labute approximate surface area is 166 Å². The van der Waals surface area contributed by atoms with Gasteiger partial charge in [-0.05, 0) is 48.4 Å². The molecule has 7 heteroatoms. The van der Waals surface area contributed by atoms with Gasteiger partial charge >= 0.3 is 0 Å². The molecule has 0 radical (unpaired) electrons. The van der Waals surface area contributed by atoms with Gasteiger partial charge in [-0.3, -0.25) is 9.36 Å². The quantitative estimate of drug-likeness (QED) is 0.679. The van der Waals surface area contributed by atoms with Gasteiger partial charge in [0, 0.05) is 5.69 Å². The van der Waals surface area contributed by atoms with E-state index in [9.17, 15) is 4.79 Å². The number of hydrogen-bond acceptors (Lipinski definition) is 6. The van der Waals surface area contributed by atoms with Crippen molar-refractivity contribution in [3.05, 3.63) is 73.3 Å². The highest BCUT2D eigenvalue weighted by Gasteiger charge is 2.16. The number of benzene rings is 2. The molecule has 0 aliphatic carbocycles. The molecule has 1 aromatic heterocycles. The van der Waals surface area contributed by atoms with Crippen molar-refractivity contribution in [3.8, 4) is 11.5 Å². The molecule has 0 amide bonds. The number of methoxy groups -OCH3 is 2. The predicted octanol–water partition coefficient (Wildman–Crippen LogP) is 2.12. The highest BCUT2D eigenvalue weighted by Crippen LogP contribution is 2.27. The van der Waals surface area contributed by atoms with Crippen LogP contribution < -0.4 is 29.3 Å². The molecule has 1 aliphatic heterocycles. The molecule has 0 N–H and O–H groups in total. The lowest BCUT2D eigenvalue weighted by Gasteiger charge is -2.25. The molecule has 4 rings (SSSR count). The van der Waals surface area contributed by atoms with Gasteiger partial charge in [-0.2, -0.15) is 0 Å². The maximum absolute atomic E-state index is 12.9. The fourth-order valence-corrected chi connectivity index (χ4v) is 4.16. The van der Waals surface area contributed by atoms with E-state index >= 15 is 0 Å². The van der Waals surface area contributed by atoms with Gasteiger partial charge in [0.05, 0.1) is 18.8 Å². The molecular formula is C21H21N3O3S. The lowest BCUT2D eigenvalue weighted by molar-refractivity contribution is 0.355. The van der Waals surface area contributed by atoms with Crippen LogP contribution in [0.5, 0.6) is 11.5 Å². The topological polar surface area (TPSA) is 56.1 Å². The maximum atomic E-state index is 12.9. The van der Waals surface area contributed by atoms with Gasteiger partial charge in [0.2, 0.25) is 0 Å². The molecule has 0 unspecified atom stereocenters. The summed E-state index contributed by atoms with van der Waals surface area (Å²) in [4.78, 5) is 20.4. The van der Waals surface area contributed by atoms with Crippen molar-refractivity contribution in [2.45, 2.75) is 13.6 Å². The first-order chi connectivity index (χ1) is 13.6. The van der Waals surface area contributed by atoms with Crippen molar-refractivity contribution in [2.75, 3.05) is 25.8 Å². The number of thiazole rings is 1. The molecule has 3 aromatic rings. The normalized spacial score (nSPS) is 13.8. The second kappa shape index (κ2) is 7.52. The van der Waals surface area contributed by atoms with Crippen LogP contribution in [0.3, 0.4) is 0 Å². The third kappa shape index (κ3) is 3.41. The summed E-state index contributed by atoms with van der Waals surface area (Å²) in [6.07, 6.45) is 1.87. The average Bonchev–Trinajstić information content (AvgIpc) is 3.02. The Balaban J connectivity index is 1.70. The van der Waals surface area contributed by atoms with Crippen molar-refractivity contribution in [1.82, 2.24) is 4.57 Å². The third-order valence-corrected chi connectivity index (χ3v) is 5.69. The standard InChI is InChI=1S/C21H21N3O3S/c1-14-5-4-6-16(9-14)23-12-22-21-24(13-23)20(25)19(28-21)11-15-7-8-17(26-2)18(10-15)27-3/h4-11H,12-13H2,1-3H3/b19-11-. The first kappa shape index (κ1) is 18.3. The summed E-state index contributed by atoms with van der Waals surface area (Å²) in [5.74, 6) is 1.29. The summed E-state index contributed by atoms with van der Waals surface area (Å²) in [6, 6.07) is 13.8. The zero-order valence-electron chi connectivity index (χ0n) is 16.0. The Hall–Kier alpha value is -3.06. The van der Waals surface area contributed by atoms with Gasteiger partial charge < -0.3 is 14.4 Å². The summed E-state index contributed by atoms with van der Waals surface area (Å²) in [7, 11) is 3.20. The molecule has 144 valence electrons. The van der Waals surface area contributed by atoms with Crippen molar-refractivity contribution in [1.29, 1.82) is 0 Å². The first-order valence-corrected chi connectivity index (χ1v) is 9.70. The summed E-state index contributed by atoms with van der Waals surface area (Å²) in [5.41, 5.74) is 3.10. The Kier molecular flexibility index (Phi) is 4.92. The molecule has 1 aliphatic rings. The van der Waals surface area contributed by atoms with E-state index in [4.69, 9.17) is 9.47 Å². The number of fused-ring (bicyclic) bond motifs is 1. The van der Waals surface area contributed by atoms with E-state index < -0.39 is 0 Å². The second-order valence-electron chi connectivity index (χ2n) is 6.56. The monoisotopic (exact) mass is 395 g/mol. The molecule has 2 aromatic carbocycles. The van der Waals surface area contributed by atoms with Gasteiger partial charge in [0.25, 0.3) is 5.56 Å². The molecule has 0 bridgehead atoms. The number of anilines is 1. The summed E-state index contributed by atoms with van der Waals surface area (Å²) < 4.78 is 13.0. The Morgan fingerprint density at radius 1 is 1.11 bits per heavy atom. The van der Waals surface area contributed by atoms with Crippen LogP contribution in [0, 0.1) is 6.92 Å². The SMILES string of the molecule is COc1ccc(/C=c2\sc3n(c2=O)CN(c2cccc(C)c2)CN=3)cc1OC. The number of nitrogens with zero attached hydrogens (tertiary/aromatic N) is 3. The van der Waals surface area contributed by atoms with Crippen LogP contribution in [0.15, 0.2) is 52.3 Å². The largest absolute Gasteiger partial charge is 0.493 e. The third-order valence-electron chi connectivity index (χ3n) is 4.65. The van der Waals surface area contributed by atoms with Gasteiger partial charge in [0.1, 0.15) is 13.3 Å². The van der Waals surface area contributed by atoms with Gasteiger partial charge in [-0.1, -0.05) is 29.5 Å². The summed E-state index contributed by atoms with van der Waals surface area (Å²) >= 11 is 1.41. The molecule has 28 heavy (non-hydrogen) atoms. The first-order valence-electron chi connectivity index (χ1n) is 8.88. The minimum absolute atomic E-state index is 0.0316. The molecule has 0 saturated carbocycles. The maximum Gasteiger partial charge on any atom is 0.271 e. The highest BCUT2D eigenvalue weighted by atomic mass is 32.1. The lowest BCUT2D eigenvalue weighted by Crippen LogP contribution is -2.42. The van der Waals surface area contributed by atoms with E-state index in [1.54, 1.807) is 18.8 Å².